The number of ether oxygens (including phenoxy) is 1. The Hall–Kier alpha value is -1.59. The zero-order valence-electron chi connectivity index (χ0n) is 12.2. The van der Waals surface area contributed by atoms with Gasteiger partial charge in [0.1, 0.15) is 5.69 Å². The molecule has 21 heavy (non-hydrogen) atoms. The van der Waals surface area contributed by atoms with Crippen LogP contribution in [-0.2, 0) is 17.7 Å². The summed E-state index contributed by atoms with van der Waals surface area (Å²) in [6.45, 7) is 3.30. The zero-order valence-corrected chi connectivity index (χ0v) is 13.8. The predicted octanol–water partition coefficient (Wildman–Crippen LogP) is 3.71. The summed E-state index contributed by atoms with van der Waals surface area (Å²) in [5.74, 6) is -0.104. The van der Waals surface area contributed by atoms with E-state index in [4.69, 9.17) is 4.74 Å². The predicted molar refractivity (Wildman–Crippen MR) is 87.8 cm³/mol. The van der Waals surface area contributed by atoms with Crippen molar-refractivity contribution in [2.45, 2.75) is 19.9 Å². The average Bonchev–Trinajstić information content (AvgIpc) is 2.95. The van der Waals surface area contributed by atoms with E-state index in [0.29, 0.717) is 18.8 Å². The minimum atomic E-state index is -0.104. The van der Waals surface area contributed by atoms with Gasteiger partial charge in [-0.05, 0) is 42.3 Å². The average molecular weight is 351 g/mol. The number of rotatable bonds is 6. The summed E-state index contributed by atoms with van der Waals surface area (Å²) in [7, 11) is 1.65. The maximum atomic E-state index is 12.4. The van der Waals surface area contributed by atoms with Gasteiger partial charge in [-0.1, -0.05) is 22.9 Å². The van der Waals surface area contributed by atoms with Crippen LogP contribution in [0.25, 0.3) is 0 Å². The van der Waals surface area contributed by atoms with Crippen molar-refractivity contribution in [3.05, 3.63) is 52.3 Å². The van der Waals surface area contributed by atoms with Gasteiger partial charge in [0, 0.05) is 30.0 Å². The molecule has 2 aromatic rings. The first-order chi connectivity index (χ1) is 10.2. The molecule has 0 atom stereocenters. The number of nitrogens with zero attached hydrogens (tertiary/aromatic N) is 1. The lowest BCUT2D eigenvalue weighted by Gasteiger charge is -2.12. The van der Waals surface area contributed by atoms with Crippen LogP contribution < -0.4 is 5.32 Å². The number of hydrogen-bond donors (Lipinski definition) is 1. The third-order valence-corrected chi connectivity index (χ3v) is 3.79. The molecule has 0 saturated carbocycles. The third-order valence-electron chi connectivity index (χ3n) is 3.29. The molecule has 0 aliphatic carbocycles. The van der Waals surface area contributed by atoms with Gasteiger partial charge in [-0.25, -0.2) is 0 Å². The summed E-state index contributed by atoms with van der Waals surface area (Å²) in [5.41, 5.74) is 2.59. The summed E-state index contributed by atoms with van der Waals surface area (Å²) in [6, 6.07) is 9.56. The molecule has 1 aromatic heterocycles. The van der Waals surface area contributed by atoms with E-state index in [1.54, 1.807) is 7.11 Å². The van der Waals surface area contributed by atoms with E-state index < -0.39 is 0 Å². The Morgan fingerprint density at radius 3 is 2.90 bits per heavy atom. The molecule has 1 heterocycles. The summed E-state index contributed by atoms with van der Waals surface area (Å²) < 4.78 is 7.97. The molecule has 0 unspecified atom stereocenters. The highest BCUT2D eigenvalue weighted by Gasteiger charge is 2.12. The molecule has 112 valence electrons. The third kappa shape index (κ3) is 3.95. The largest absolute Gasteiger partial charge is 0.383 e. The first-order valence-electron chi connectivity index (χ1n) is 6.89. The zero-order chi connectivity index (χ0) is 15.2. The van der Waals surface area contributed by atoms with Crippen LogP contribution in [0.2, 0.25) is 0 Å². The summed E-state index contributed by atoms with van der Waals surface area (Å²) in [5, 5.41) is 2.99. The van der Waals surface area contributed by atoms with Gasteiger partial charge in [0.15, 0.2) is 0 Å². The van der Waals surface area contributed by atoms with Gasteiger partial charge in [0.2, 0.25) is 0 Å². The van der Waals surface area contributed by atoms with E-state index in [9.17, 15) is 4.79 Å². The highest BCUT2D eigenvalue weighted by Crippen LogP contribution is 2.22. The van der Waals surface area contributed by atoms with Crippen LogP contribution in [-0.4, -0.2) is 24.2 Å². The number of methoxy groups -OCH3 is 1. The van der Waals surface area contributed by atoms with E-state index in [0.717, 1.165) is 22.1 Å². The molecule has 1 amide bonds. The van der Waals surface area contributed by atoms with Crippen LogP contribution in [0.15, 0.2) is 41.0 Å². The number of carbonyl (C=O) groups excluding carboxylic acids is 1. The molecule has 0 fully saturated rings. The van der Waals surface area contributed by atoms with E-state index in [1.807, 2.05) is 41.1 Å². The summed E-state index contributed by atoms with van der Waals surface area (Å²) >= 11 is 3.45. The second-order valence-electron chi connectivity index (χ2n) is 4.69. The maximum Gasteiger partial charge on any atom is 0.272 e. The van der Waals surface area contributed by atoms with E-state index in [-0.39, 0.29) is 5.91 Å². The number of amides is 1. The standard InChI is InChI=1S/C16H19BrN2O2/c1-3-12-11-13(17)6-7-14(12)18-16(20)15-5-4-8-19(15)9-10-21-2/h4-8,11H,3,9-10H2,1-2H3,(H,18,20). The smallest absolute Gasteiger partial charge is 0.272 e. The van der Waals surface area contributed by atoms with Gasteiger partial charge < -0.3 is 14.6 Å². The van der Waals surface area contributed by atoms with E-state index in [2.05, 4.69) is 28.2 Å². The second kappa shape index (κ2) is 7.43. The fourth-order valence-corrected chi connectivity index (χ4v) is 2.58. The van der Waals surface area contributed by atoms with Gasteiger partial charge >= 0.3 is 0 Å². The van der Waals surface area contributed by atoms with Crippen LogP contribution in [0.4, 0.5) is 5.69 Å². The molecular weight excluding hydrogens is 332 g/mol. The highest BCUT2D eigenvalue weighted by molar-refractivity contribution is 9.10. The molecule has 0 aliphatic heterocycles. The van der Waals surface area contributed by atoms with Crippen molar-refractivity contribution < 1.29 is 9.53 Å². The lowest BCUT2D eigenvalue weighted by atomic mass is 10.1. The number of halogens is 1. The number of benzene rings is 1. The van der Waals surface area contributed by atoms with Crippen molar-refractivity contribution in [3.63, 3.8) is 0 Å². The van der Waals surface area contributed by atoms with Crippen LogP contribution in [0.3, 0.4) is 0 Å². The minimum Gasteiger partial charge on any atom is -0.383 e. The Kier molecular flexibility index (Phi) is 5.59. The fourth-order valence-electron chi connectivity index (χ4n) is 2.17. The maximum absolute atomic E-state index is 12.4. The van der Waals surface area contributed by atoms with Crippen molar-refractivity contribution in [2.24, 2.45) is 0 Å². The lowest BCUT2D eigenvalue weighted by Crippen LogP contribution is -2.18. The number of carbonyl (C=O) groups is 1. The van der Waals surface area contributed by atoms with Crippen LogP contribution in [0.1, 0.15) is 23.0 Å². The summed E-state index contributed by atoms with van der Waals surface area (Å²) in [6.07, 6.45) is 2.75. The van der Waals surface area contributed by atoms with Crippen molar-refractivity contribution in [1.82, 2.24) is 4.57 Å². The Bertz CT molecular complexity index is 622. The molecule has 1 aromatic carbocycles. The molecule has 4 nitrogen and oxygen atoms in total. The molecule has 0 bridgehead atoms. The highest BCUT2D eigenvalue weighted by atomic mass is 79.9. The first kappa shape index (κ1) is 15.8. The molecule has 2 rings (SSSR count). The van der Waals surface area contributed by atoms with Gasteiger partial charge in [0.25, 0.3) is 5.91 Å². The van der Waals surface area contributed by atoms with Gasteiger partial charge in [-0.2, -0.15) is 0 Å². The number of anilines is 1. The van der Waals surface area contributed by atoms with Crippen molar-refractivity contribution in [2.75, 3.05) is 19.0 Å². The van der Waals surface area contributed by atoms with Gasteiger partial charge in [0.05, 0.1) is 6.61 Å². The molecule has 0 saturated heterocycles. The van der Waals surface area contributed by atoms with Crippen molar-refractivity contribution >= 4 is 27.5 Å². The topological polar surface area (TPSA) is 43.3 Å². The fraction of sp³-hybridized carbons (Fsp3) is 0.312. The summed E-state index contributed by atoms with van der Waals surface area (Å²) in [4.78, 5) is 12.4. The number of aryl methyl sites for hydroxylation is 1. The van der Waals surface area contributed by atoms with Crippen molar-refractivity contribution in [3.8, 4) is 0 Å². The van der Waals surface area contributed by atoms with E-state index >= 15 is 0 Å². The molecule has 1 N–H and O–H groups in total. The monoisotopic (exact) mass is 350 g/mol. The second-order valence-corrected chi connectivity index (χ2v) is 5.60. The Labute approximate surface area is 133 Å². The number of nitrogens with one attached hydrogen (secondary N) is 1. The number of hydrogen-bond acceptors (Lipinski definition) is 2. The normalized spacial score (nSPS) is 10.6. The SMILES string of the molecule is CCc1cc(Br)ccc1NC(=O)c1cccn1CCOC. The van der Waals surface area contributed by atoms with Gasteiger partial charge in [-0.3, -0.25) is 4.79 Å². The molecule has 0 spiro atoms. The Morgan fingerprint density at radius 2 is 2.19 bits per heavy atom. The van der Waals surface area contributed by atoms with Crippen molar-refractivity contribution in [1.29, 1.82) is 0 Å². The van der Waals surface area contributed by atoms with Crippen LogP contribution >= 0.6 is 15.9 Å². The Morgan fingerprint density at radius 1 is 1.38 bits per heavy atom. The van der Waals surface area contributed by atoms with Gasteiger partial charge in [-0.15, -0.1) is 0 Å². The molecule has 5 heteroatoms. The first-order valence-corrected chi connectivity index (χ1v) is 7.69. The minimum absolute atomic E-state index is 0.104. The van der Waals surface area contributed by atoms with E-state index in [1.165, 1.54) is 0 Å². The number of aromatic nitrogens is 1. The molecule has 0 aliphatic rings. The Balaban J connectivity index is 2.17. The molecule has 0 radical (unpaired) electrons. The lowest BCUT2D eigenvalue weighted by molar-refractivity contribution is 0.101. The van der Waals surface area contributed by atoms with Crippen LogP contribution in [0, 0.1) is 0 Å². The quantitative estimate of drug-likeness (QED) is 0.862. The molecular formula is C16H19BrN2O2. The van der Waals surface area contributed by atoms with Crippen LogP contribution in [0.5, 0.6) is 0 Å².